The van der Waals surface area contributed by atoms with Crippen LogP contribution in [0, 0.1) is 5.82 Å². The Balaban J connectivity index is 1.25. The quantitative estimate of drug-likeness (QED) is 0.625. The van der Waals surface area contributed by atoms with Crippen molar-refractivity contribution >= 4 is 17.5 Å². The standard InChI is InChI=1S/C23H21F3N6O/c24-17-3-1-14(2-4-17)20-6-5-19(27)21(29-20)30-22(33)32-9-15-7-18(28-8-16(15)10-32)11-31-12-23(25,26)13-31/h1-8H,9-13,27H2,(H,29,30,33). The molecule has 2 aromatic heterocycles. The summed E-state index contributed by atoms with van der Waals surface area (Å²) in [6.45, 7) is 0.571. The van der Waals surface area contributed by atoms with Gasteiger partial charge in [0.1, 0.15) is 5.82 Å². The number of anilines is 2. The summed E-state index contributed by atoms with van der Waals surface area (Å²) in [7, 11) is 0. The molecule has 10 heteroatoms. The van der Waals surface area contributed by atoms with Gasteiger partial charge in [0.05, 0.1) is 30.2 Å². The van der Waals surface area contributed by atoms with Crippen LogP contribution in [-0.4, -0.2) is 44.8 Å². The number of carbonyl (C=O) groups is 1. The van der Waals surface area contributed by atoms with Gasteiger partial charge >= 0.3 is 6.03 Å². The number of hydrogen-bond acceptors (Lipinski definition) is 5. The lowest BCUT2D eigenvalue weighted by molar-refractivity contribution is -0.134. The summed E-state index contributed by atoms with van der Waals surface area (Å²) in [5, 5.41) is 2.75. The second-order valence-corrected chi connectivity index (χ2v) is 8.37. The highest BCUT2D eigenvalue weighted by atomic mass is 19.3. The van der Waals surface area contributed by atoms with E-state index in [-0.39, 0.29) is 30.8 Å². The highest BCUT2D eigenvalue weighted by Gasteiger charge is 2.43. The maximum absolute atomic E-state index is 13.2. The molecule has 0 aliphatic carbocycles. The Hall–Kier alpha value is -3.66. The van der Waals surface area contributed by atoms with E-state index in [9.17, 15) is 18.0 Å². The van der Waals surface area contributed by atoms with Gasteiger partial charge in [-0.3, -0.25) is 15.2 Å². The minimum absolute atomic E-state index is 0.218. The molecule has 1 saturated heterocycles. The molecule has 2 amide bonds. The van der Waals surface area contributed by atoms with Gasteiger partial charge < -0.3 is 10.6 Å². The molecule has 3 aromatic rings. The third-order valence-corrected chi connectivity index (χ3v) is 5.74. The summed E-state index contributed by atoms with van der Waals surface area (Å²) in [4.78, 5) is 24.9. The summed E-state index contributed by atoms with van der Waals surface area (Å²) in [6.07, 6.45) is 1.69. The third kappa shape index (κ3) is 4.47. The van der Waals surface area contributed by atoms with Crippen LogP contribution in [0.5, 0.6) is 0 Å². The van der Waals surface area contributed by atoms with Gasteiger partial charge in [-0.1, -0.05) is 0 Å². The van der Waals surface area contributed by atoms with Gasteiger partial charge in [-0.25, -0.2) is 22.9 Å². The maximum Gasteiger partial charge on any atom is 0.323 e. The Morgan fingerprint density at radius 2 is 1.82 bits per heavy atom. The average molecular weight is 454 g/mol. The number of alkyl halides is 2. The molecule has 1 fully saturated rings. The van der Waals surface area contributed by atoms with Crippen molar-refractivity contribution in [2.45, 2.75) is 25.6 Å². The number of carbonyl (C=O) groups excluding carboxylic acids is 1. The largest absolute Gasteiger partial charge is 0.396 e. The molecule has 0 radical (unpaired) electrons. The number of benzene rings is 1. The molecule has 0 unspecified atom stereocenters. The van der Waals surface area contributed by atoms with E-state index in [1.807, 2.05) is 6.07 Å². The molecule has 0 bridgehead atoms. The molecular weight excluding hydrogens is 433 g/mol. The topological polar surface area (TPSA) is 87.4 Å². The van der Waals surface area contributed by atoms with Crippen LogP contribution in [0.25, 0.3) is 11.3 Å². The zero-order valence-corrected chi connectivity index (χ0v) is 17.6. The molecule has 5 rings (SSSR count). The fourth-order valence-electron chi connectivity index (χ4n) is 4.04. The van der Waals surface area contributed by atoms with E-state index in [0.29, 0.717) is 42.3 Å². The molecule has 0 spiro atoms. The molecule has 2 aliphatic rings. The predicted octanol–water partition coefficient (Wildman–Crippen LogP) is 3.86. The van der Waals surface area contributed by atoms with E-state index < -0.39 is 5.92 Å². The number of halogens is 3. The molecule has 3 N–H and O–H groups in total. The second kappa shape index (κ2) is 8.04. The first-order valence-electron chi connectivity index (χ1n) is 10.4. The summed E-state index contributed by atoms with van der Waals surface area (Å²) >= 11 is 0. The fraction of sp³-hybridized carbons (Fsp3) is 0.261. The fourth-order valence-corrected chi connectivity index (χ4v) is 4.04. The number of urea groups is 1. The SMILES string of the molecule is Nc1ccc(-c2ccc(F)cc2)nc1NC(=O)N1Cc2cnc(CN3CC(F)(F)C3)cc2C1. The molecular formula is C23H21F3N6O. The monoisotopic (exact) mass is 454 g/mol. The van der Waals surface area contributed by atoms with Crippen LogP contribution in [0.3, 0.4) is 0 Å². The Kier molecular flexibility index (Phi) is 5.16. The Morgan fingerprint density at radius 3 is 2.55 bits per heavy atom. The summed E-state index contributed by atoms with van der Waals surface area (Å²) in [5.41, 5.74) is 10.1. The maximum atomic E-state index is 13.2. The summed E-state index contributed by atoms with van der Waals surface area (Å²) in [6, 6.07) is 10.7. The number of aromatic nitrogens is 2. The van der Waals surface area contributed by atoms with Crippen LogP contribution in [0.15, 0.2) is 48.7 Å². The number of pyridine rings is 2. The number of rotatable bonds is 4. The first-order valence-corrected chi connectivity index (χ1v) is 10.4. The first kappa shape index (κ1) is 21.2. The van der Waals surface area contributed by atoms with Gasteiger partial charge in [-0.2, -0.15) is 0 Å². The lowest BCUT2D eigenvalue weighted by Gasteiger charge is -2.38. The van der Waals surface area contributed by atoms with Gasteiger partial charge in [0.2, 0.25) is 0 Å². The van der Waals surface area contributed by atoms with Crippen LogP contribution in [-0.2, 0) is 19.6 Å². The van der Waals surface area contributed by atoms with Crippen LogP contribution < -0.4 is 11.1 Å². The number of likely N-dealkylation sites (tertiary alicyclic amines) is 1. The van der Waals surface area contributed by atoms with Crippen molar-refractivity contribution in [1.29, 1.82) is 0 Å². The Bertz CT molecular complexity index is 1210. The van der Waals surface area contributed by atoms with Crippen LogP contribution >= 0.6 is 0 Å². The normalized spacial score (nSPS) is 16.9. The van der Waals surface area contributed by atoms with Gasteiger partial charge in [0.25, 0.3) is 5.92 Å². The number of nitrogens with one attached hydrogen (secondary N) is 1. The molecule has 170 valence electrons. The number of fused-ring (bicyclic) bond motifs is 1. The molecule has 33 heavy (non-hydrogen) atoms. The van der Waals surface area contributed by atoms with Crippen molar-refractivity contribution < 1.29 is 18.0 Å². The van der Waals surface area contributed by atoms with Crippen molar-refractivity contribution in [2.24, 2.45) is 0 Å². The summed E-state index contributed by atoms with van der Waals surface area (Å²) < 4.78 is 39.3. The smallest absolute Gasteiger partial charge is 0.323 e. The first-order chi connectivity index (χ1) is 15.8. The minimum atomic E-state index is -2.62. The highest BCUT2D eigenvalue weighted by molar-refractivity contribution is 5.92. The number of amides is 2. The van der Waals surface area contributed by atoms with Gasteiger partial charge in [-0.15, -0.1) is 0 Å². The third-order valence-electron chi connectivity index (χ3n) is 5.74. The molecule has 7 nitrogen and oxygen atoms in total. The van der Waals surface area contributed by atoms with Crippen LogP contribution in [0.1, 0.15) is 16.8 Å². The van der Waals surface area contributed by atoms with E-state index >= 15 is 0 Å². The predicted molar refractivity (Wildman–Crippen MR) is 117 cm³/mol. The van der Waals surface area contributed by atoms with Crippen molar-refractivity contribution in [1.82, 2.24) is 19.8 Å². The lowest BCUT2D eigenvalue weighted by atomic mass is 10.1. The number of hydrogen-bond donors (Lipinski definition) is 2. The number of nitrogens with zero attached hydrogens (tertiary/aromatic N) is 4. The lowest BCUT2D eigenvalue weighted by Crippen LogP contribution is -2.55. The summed E-state index contributed by atoms with van der Waals surface area (Å²) in [5.74, 6) is -2.75. The molecule has 2 aliphatic heterocycles. The molecule has 4 heterocycles. The van der Waals surface area contributed by atoms with E-state index in [0.717, 1.165) is 11.1 Å². The number of nitrogens with two attached hydrogens (primary N) is 1. The van der Waals surface area contributed by atoms with Crippen molar-refractivity contribution in [2.75, 3.05) is 24.1 Å². The van der Waals surface area contributed by atoms with Gasteiger partial charge in [-0.05, 0) is 53.6 Å². The van der Waals surface area contributed by atoms with E-state index in [1.165, 1.54) is 12.1 Å². The zero-order valence-electron chi connectivity index (χ0n) is 17.6. The van der Waals surface area contributed by atoms with Crippen molar-refractivity contribution in [3.63, 3.8) is 0 Å². The minimum Gasteiger partial charge on any atom is -0.396 e. The second-order valence-electron chi connectivity index (χ2n) is 8.37. The number of nitrogen functional groups attached to an aromatic ring is 1. The van der Waals surface area contributed by atoms with E-state index in [4.69, 9.17) is 5.73 Å². The molecule has 1 aromatic carbocycles. The van der Waals surface area contributed by atoms with Gasteiger partial charge in [0, 0.05) is 31.4 Å². The van der Waals surface area contributed by atoms with E-state index in [1.54, 1.807) is 40.3 Å². The van der Waals surface area contributed by atoms with Gasteiger partial charge in [0.15, 0.2) is 5.82 Å². The average Bonchev–Trinajstić information content (AvgIpc) is 3.18. The zero-order chi connectivity index (χ0) is 23.2. The van der Waals surface area contributed by atoms with E-state index in [2.05, 4.69) is 15.3 Å². The van der Waals surface area contributed by atoms with Crippen LogP contribution in [0.4, 0.5) is 29.5 Å². The Morgan fingerprint density at radius 1 is 1.09 bits per heavy atom. The Labute approximate surface area is 188 Å². The van der Waals surface area contributed by atoms with Crippen molar-refractivity contribution in [3.8, 4) is 11.3 Å². The highest BCUT2D eigenvalue weighted by Crippen LogP contribution is 2.30. The van der Waals surface area contributed by atoms with Crippen LogP contribution in [0.2, 0.25) is 0 Å². The molecule has 0 atom stereocenters. The van der Waals surface area contributed by atoms with Crippen molar-refractivity contribution in [3.05, 3.63) is 71.3 Å². The molecule has 0 saturated carbocycles.